The van der Waals surface area contributed by atoms with Crippen LogP contribution >= 0.6 is 17.0 Å². The minimum absolute atomic E-state index is 0.125. The second-order valence-electron chi connectivity index (χ2n) is 20.0. The number of halogens is 2. The van der Waals surface area contributed by atoms with Crippen molar-refractivity contribution in [2.45, 2.75) is 99.2 Å². The maximum absolute atomic E-state index is 9.19. The van der Waals surface area contributed by atoms with Crippen molar-refractivity contribution in [3.63, 3.8) is 0 Å². The van der Waals surface area contributed by atoms with Crippen LogP contribution in [0.15, 0.2) is 158 Å². The molecule has 3 heteroatoms. The zero-order chi connectivity index (χ0) is 42.8. The molecule has 0 amide bonds. The van der Waals surface area contributed by atoms with E-state index in [2.05, 4.69) is 227 Å². The van der Waals surface area contributed by atoms with Gasteiger partial charge in [0.05, 0.1) is 0 Å². The first-order chi connectivity index (χ1) is 28.4. The summed E-state index contributed by atoms with van der Waals surface area (Å²) in [4.78, 5) is 0. The predicted molar refractivity (Wildman–Crippen MR) is 260 cm³/mol. The average molecular weight is 907 g/mol. The first kappa shape index (κ1) is 42.8. The molecule has 0 saturated carbocycles. The van der Waals surface area contributed by atoms with E-state index in [0.29, 0.717) is 11.8 Å². The molecule has 60 heavy (non-hydrogen) atoms. The van der Waals surface area contributed by atoms with Crippen molar-refractivity contribution in [2.75, 3.05) is 0 Å². The summed E-state index contributed by atoms with van der Waals surface area (Å²) in [6, 6.07) is 50.2. The van der Waals surface area contributed by atoms with Crippen LogP contribution in [0.4, 0.5) is 0 Å². The molecule has 0 atom stereocenters. The van der Waals surface area contributed by atoms with Crippen molar-refractivity contribution in [3.05, 3.63) is 202 Å². The van der Waals surface area contributed by atoms with Gasteiger partial charge in [0.1, 0.15) is 0 Å². The van der Waals surface area contributed by atoms with E-state index in [-0.39, 0.29) is 18.1 Å². The number of allylic oxidation sites excluding steroid dienone is 4. The van der Waals surface area contributed by atoms with Crippen molar-refractivity contribution in [2.24, 2.45) is 0 Å². The van der Waals surface area contributed by atoms with Gasteiger partial charge in [-0.25, -0.2) is 0 Å². The first-order valence-corrected chi connectivity index (χ1v) is 32.3. The monoisotopic (exact) mass is 904 g/mol. The molecule has 0 aliphatic heterocycles. The van der Waals surface area contributed by atoms with E-state index in [1.54, 1.807) is 0 Å². The Morgan fingerprint density at radius 2 is 0.850 bits per heavy atom. The van der Waals surface area contributed by atoms with Gasteiger partial charge in [-0.1, -0.05) is 0 Å². The normalized spacial score (nSPS) is 14.7. The average Bonchev–Trinajstić information content (AvgIpc) is 3.89. The van der Waals surface area contributed by atoms with Gasteiger partial charge in [0.2, 0.25) is 0 Å². The molecule has 0 bridgehead atoms. The Bertz CT molecular complexity index is 2520. The molecule has 2 aliphatic rings. The fraction of sp³-hybridized carbons (Fsp3) is 0.281. The predicted octanol–water partition coefficient (Wildman–Crippen LogP) is 17.1. The quantitative estimate of drug-likeness (QED) is 0.143. The number of hydrogen-bond donors (Lipinski definition) is 0. The molecule has 0 nitrogen and oxygen atoms in total. The molecule has 0 saturated heterocycles. The molecule has 0 unspecified atom stereocenters. The Morgan fingerprint density at radius 3 is 1.18 bits per heavy atom. The summed E-state index contributed by atoms with van der Waals surface area (Å²) in [5.74, 6) is 0.802. The minimum atomic E-state index is -5.72. The van der Waals surface area contributed by atoms with Crippen LogP contribution in [0.1, 0.15) is 129 Å². The zero-order valence-corrected chi connectivity index (χ0v) is 41.0. The van der Waals surface area contributed by atoms with Crippen LogP contribution in [0.3, 0.4) is 0 Å². The Balaban J connectivity index is 1.60. The summed E-state index contributed by atoms with van der Waals surface area (Å²) >= 11 is -5.72. The number of rotatable bonds is 8. The van der Waals surface area contributed by atoms with Crippen LogP contribution in [0.5, 0.6) is 0 Å². The van der Waals surface area contributed by atoms with E-state index in [4.69, 9.17) is 0 Å². The van der Waals surface area contributed by atoms with Gasteiger partial charge in [0.15, 0.2) is 0 Å². The molecule has 0 spiro atoms. The third-order valence-electron chi connectivity index (χ3n) is 13.2. The molecule has 0 radical (unpaired) electrons. The van der Waals surface area contributed by atoms with E-state index in [9.17, 15) is 17.0 Å². The second kappa shape index (κ2) is 15.8. The number of fused-ring (bicyclic) bond motifs is 3. The maximum atomic E-state index is 9.19. The van der Waals surface area contributed by atoms with Crippen LogP contribution in [-0.4, -0.2) is 3.21 Å². The van der Waals surface area contributed by atoms with Crippen molar-refractivity contribution < 1.29 is 15.9 Å². The fourth-order valence-electron chi connectivity index (χ4n) is 9.94. The Morgan fingerprint density at radius 1 is 0.483 bits per heavy atom. The number of benzene rings is 6. The topological polar surface area (TPSA) is 0 Å². The summed E-state index contributed by atoms with van der Waals surface area (Å²) in [6.07, 6.45) is 8.93. The molecule has 0 aromatic heterocycles. The second-order valence-corrected chi connectivity index (χ2v) is 40.7. The summed E-state index contributed by atoms with van der Waals surface area (Å²) in [5.41, 5.74) is 17.1. The fourth-order valence-corrected chi connectivity index (χ4v) is 29.3. The molecule has 0 N–H and O–H groups in total. The van der Waals surface area contributed by atoms with Gasteiger partial charge in [-0.15, -0.1) is 0 Å². The molecule has 0 fully saturated rings. The van der Waals surface area contributed by atoms with Crippen LogP contribution in [-0.2, 0) is 26.7 Å². The summed E-state index contributed by atoms with van der Waals surface area (Å²) in [5, 5.41) is 0. The molecular formula is C57H60Cl2Zr. The van der Waals surface area contributed by atoms with Crippen LogP contribution < -0.4 is 0 Å². The van der Waals surface area contributed by atoms with E-state index in [1.807, 2.05) is 0 Å². The van der Waals surface area contributed by atoms with Gasteiger partial charge >= 0.3 is 371 Å². The van der Waals surface area contributed by atoms with Crippen molar-refractivity contribution >= 4 is 20.2 Å². The zero-order valence-electron chi connectivity index (χ0n) is 37.1. The van der Waals surface area contributed by atoms with Gasteiger partial charge in [0.25, 0.3) is 0 Å². The first-order valence-electron chi connectivity index (χ1n) is 21.9. The molecule has 306 valence electrons. The van der Waals surface area contributed by atoms with Crippen LogP contribution in [0, 0.1) is 0 Å². The van der Waals surface area contributed by atoms with Crippen molar-refractivity contribution in [3.8, 4) is 33.4 Å². The molecule has 2 aliphatic carbocycles. The van der Waals surface area contributed by atoms with Crippen LogP contribution in [0.2, 0.25) is 3.63 Å². The van der Waals surface area contributed by atoms with Crippen LogP contribution in [0.25, 0.3) is 33.4 Å². The Labute approximate surface area is 368 Å². The van der Waals surface area contributed by atoms with E-state index < -0.39 is 15.9 Å². The van der Waals surface area contributed by atoms with E-state index >= 15 is 0 Å². The molecule has 6 aromatic rings. The standard InChI is InChI=1S/C33H33.C19H22.C5H5.2ClH.Zr/c1-32(2,3)30-20-26-24(18-28(30)22-13-9-7-10-14-22)17-25-19-29(23-15-11-8-12-16-23)31(21-27(25)26)33(4,5)6;1-14(2)18-9-5-16(6-10-18)13-17-7-11-19(12-8-17)15(3)4;1-2-4-5-3-1;;;/h7-21H,1-6H3;5-12,14-15H,1-4H3;1-5H;2*1H;/q;;;;;+2/p-2. The third-order valence-corrected chi connectivity index (χ3v) is 32.8. The Hall–Kier alpha value is -3.87. The molecular weight excluding hydrogens is 847 g/mol. The summed E-state index contributed by atoms with van der Waals surface area (Å²) in [7, 11) is 18.4. The van der Waals surface area contributed by atoms with E-state index in [1.165, 1.54) is 66.8 Å². The summed E-state index contributed by atoms with van der Waals surface area (Å²) in [6.45, 7) is 23.0. The van der Waals surface area contributed by atoms with Gasteiger partial charge in [-0.3, -0.25) is 0 Å². The molecule has 0 heterocycles. The van der Waals surface area contributed by atoms with Crippen molar-refractivity contribution in [1.82, 2.24) is 0 Å². The van der Waals surface area contributed by atoms with Gasteiger partial charge in [-0.2, -0.15) is 0 Å². The van der Waals surface area contributed by atoms with Crippen molar-refractivity contribution in [1.29, 1.82) is 0 Å². The molecule has 8 rings (SSSR count). The van der Waals surface area contributed by atoms with Gasteiger partial charge in [0, 0.05) is 0 Å². The van der Waals surface area contributed by atoms with E-state index in [0.717, 1.165) is 14.3 Å². The van der Waals surface area contributed by atoms with Gasteiger partial charge in [-0.05, 0) is 0 Å². The SMILES string of the molecule is CC(C)c1ccc([C](c2ccc(C(C)C)cc2)=[Zr]([Cl])([Cl])([CH]2C=CC=C2)[CH]2c3cc(-c4ccccc4)c(C(C)(C)C)cc3-c3cc(C(C)(C)C)c(-c4ccccc4)cc32)cc1. The summed E-state index contributed by atoms with van der Waals surface area (Å²) < 4.78 is 0.695. The Kier molecular flexibility index (Phi) is 11.3. The number of hydrogen-bond acceptors (Lipinski definition) is 0. The van der Waals surface area contributed by atoms with Gasteiger partial charge < -0.3 is 0 Å². The molecule has 6 aromatic carbocycles. The third kappa shape index (κ3) is 7.46.